The van der Waals surface area contributed by atoms with Gasteiger partial charge >= 0.3 is 0 Å². The van der Waals surface area contributed by atoms with Crippen molar-refractivity contribution < 1.29 is 0 Å². The number of hydrogen-bond acceptors (Lipinski definition) is 4. The molecule has 0 radical (unpaired) electrons. The molecule has 3 heterocycles. The lowest BCUT2D eigenvalue weighted by atomic mass is 10.1. The van der Waals surface area contributed by atoms with Crippen molar-refractivity contribution in [1.82, 2.24) is 28.9 Å². The molecule has 0 amide bonds. The van der Waals surface area contributed by atoms with E-state index in [4.69, 9.17) is 19.9 Å². The number of nitrogens with zero attached hydrogens (tertiary/aromatic N) is 6. The number of aryl methyl sites for hydroxylation is 1. The van der Waals surface area contributed by atoms with Gasteiger partial charge in [0.15, 0.2) is 11.6 Å². The van der Waals surface area contributed by atoms with E-state index in [1.54, 1.807) is 0 Å². The molecule has 0 atom stereocenters. The zero-order chi connectivity index (χ0) is 23.4. The zero-order valence-electron chi connectivity index (χ0n) is 19.0. The summed E-state index contributed by atoms with van der Waals surface area (Å²) in [6, 6.07) is 34.7. The second-order valence-electron chi connectivity index (χ2n) is 8.57. The second kappa shape index (κ2) is 7.60. The first-order valence-electron chi connectivity index (χ1n) is 11.5. The Morgan fingerprint density at radius 2 is 1.11 bits per heavy atom. The number of imidazole rings is 2. The van der Waals surface area contributed by atoms with Crippen LogP contribution in [0.4, 0.5) is 0 Å². The molecule has 0 aliphatic heterocycles. The summed E-state index contributed by atoms with van der Waals surface area (Å²) in [6.45, 7) is 2.07. The minimum Gasteiger partial charge on any atom is -0.276 e. The van der Waals surface area contributed by atoms with Gasteiger partial charge in [0.2, 0.25) is 11.7 Å². The molecule has 7 rings (SSSR count). The van der Waals surface area contributed by atoms with Crippen LogP contribution in [-0.4, -0.2) is 28.9 Å². The average molecular weight is 453 g/mol. The number of para-hydroxylation sites is 4. The van der Waals surface area contributed by atoms with Crippen molar-refractivity contribution in [3.05, 3.63) is 109 Å². The molecular formula is C29H20N6. The van der Waals surface area contributed by atoms with Crippen molar-refractivity contribution in [2.45, 2.75) is 6.92 Å². The van der Waals surface area contributed by atoms with E-state index in [0.717, 1.165) is 39.0 Å². The fourth-order valence-corrected chi connectivity index (χ4v) is 4.56. The summed E-state index contributed by atoms with van der Waals surface area (Å²) in [5.74, 6) is 2.56. The van der Waals surface area contributed by atoms with Gasteiger partial charge in [-0.2, -0.15) is 9.97 Å². The largest absolute Gasteiger partial charge is 0.276 e. The third-order valence-electron chi connectivity index (χ3n) is 6.27. The molecule has 3 aromatic heterocycles. The van der Waals surface area contributed by atoms with E-state index in [1.165, 1.54) is 5.56 Å². The molecule has 0 unspecified atom stereocenters. The topological polar surface area (TPSA) is 60.9 Å². The Morgan fingerprint density at radius 1 is 0.514 bits per heavy atom. The number of benzene rings is 4. The van der Waals surface area contributed by atoms with Crippen LogP contribution in [0.1, 0.15) is 5.56 Å². The molecule has 0 saturated carbocycles. The lowest BCUT2D eigenvalue weighted by molar-refractivity contribution is 0.937. The van der Waals surface area contributed by atoms with E-state index in [0.29, 0.717) is 17.6 Å². The summed E-state index contributed by atoms with van der Waals surface area (Å²) in [6.07, 6.45) is 0. The number of hydrogen-bond donors (Lipinski definition) is 0. The maximum atomic E-state index is 4.97. The van der Waals surface area contributed by atoms with E-state index in [2.05, 4.69) is 53.8 Å². The van der Waals surface area contributed by atoms with E-state index < -0.39 is 0 Å². The van der Waals surface area contributed by atoms with Gasteiger partial charge in [-0.1, -0.05) is 84.4 Å². The third-order valence-corrected chi connectivity index (χ3v) is 6.27. The van der Waals surface area contributed by atoms with E-state index in [9.17, 15) is 0 Å². The normalized spacial score (nSPS) is 11.6. The molecule has 0 aliphatic rings. The highest BCUT2D eigenvalue weighted by atomic mass is 15.3. The molecule has 0 bridgehead atoms. The molecular weight excluding hydrogens is 432 g/mol. The highest BCUT2D eigenvalue weighted by Crippen LogP contribution is 2.29. The molecule has 166 valence electrons. The maximum absolute atomic E-state index is 4.97. The predicted octanol–water partition coefficient (Wildman–Crippen LogP) is 6.26. The molecule has 6 heteroatoms. The molecule has 6 nitrogen and oxygen atoms in total. The zero-order valence-corrected chi connectivity index (χ0v) is 19.0. The minimum absolute atomic E-state index is 0.538. The van der Waals surface area contributed by atoms with Crippen LogP contribution in [0.5, 0.6) is 0 Å². The van der Waals surface area contributed by atoms with Crippen molar-refractivity contribution >= 4 is 27.8 Å². The Bertz CT molecular complexity index is 1850. The van der Waals surface area contributed by atoms with Crippen LogP contribution in [0.2, 0.25) is 0 Å². The SMILES string of the molecule is Cc1ccc(-c2nc(-c3ccccc3)nc(-n3c4ccccc4n4c5ccccc5nc34)n2)cc1. The Hall–Kier alpha value is -4.84. The van der Waals surface area contributed by atoms with Gasteiger partial charge in [-0.3, -0.25) is 4.40 Å². The molecule has 0 fully saturated rings. The van der Waals surface area contributed by atoms with E-state index in [1.807, 2.05) is 65.2 Å². The van der Waals surface area contributed by atoms with Crippen LogP contribution < -0.4 is 0 Å². The van der Waals surface area contributed by atoms with Gasteiger partial charge in [0.05, 0.1) is 22.1 Å². The van der Waals surface area contributed by atoms with E-state index in [-0.39, 0.29) is 0 Å². The molecule has 0 saturated heterocycles. The van der Waals surface area contributed by atoms with Gasteiger partial charge < -0.3 is 0 Å². The second-order valence-corrected chi connectivity index (χ2v) is 8.57. The smallest absolute Gasteiger partial charge is 0.241 e. The number of rotatable bonds is 3. The van der Waals surface area contributed by atoms with Crippen LogP contribution >= 0.6 is 0 Å². The van der Waals surface area contributed by atoms with Crippen molar-refractivity contribution in [2.75, 3.05) is 0 Å². The van der Waals surface area contributed by atoms with Crippen LogP contribution in [0.15, 0.2) is 103 Å². The first kappa shape index (κ1) is 19.6. The fraction of sp³-hybridized carbons (Fsp3) is 0.0345. The van der Waals surface area contributed by atoms with Gasteiger partial charge in [-0.05, 0) is 31.2 Å². The average Bonchev–Trinajstić information content (AvgIpc) is 3.44. The summed E-state index contributed by atoms with van der Waals surface area (Å²) in [4.78, 5) is 19.7. The minimum atomic E-state index is 0.538. The summed E-state index contributed by atoms with van der Waals surface area (Å²) < 4.78 is 4.20. The fourth-order valence-electron chi connectivity index (χ4n) is 4.56. The monoisotopic (exact) mass is 452 g/mol. The lowest BCUT2D eigenvalue weighted by Crippen LogP contribution is -2.07. The lowest BCUT2D eigenvalue weighted by Gasteiger charge is -2.09. The Labute approximate surface area is 201 Å². The van der Waals surface area contributed by atoms with Gasteiger partial charge in [0.1, 0.15) is 0 Å². The first-order chi connectivity index (χ1) is 17.3. The van der Waals surface area contributed by atoms with Crippen molar-refractivity contribution in [2.24, 2.45) is 0 Å². The highest BCUT2D eigenvalue weighted by Gasteiger charge is 2.20. The molecule has 0 N–H and O–H groups in total. The van der Waals surface area contributed by atoms with Crippen LogP contribution in [0, 0.1) is 6.92 Å². The number of aromatic nitrogens is 6. The van der Waals surface area contributed by atoms with Gasteiger partial charge in [-0.15, -0.1) is 0 Å². The molecule has 35 heavy (non-hydrogen) atoms. The highest BCUT2D eigenvalue weighted by molar-refractivity contribution is 5.91. The summed E-state index contributed by atoms with van der Waals surface area (Å²) in [5.41, 5.74) is 7.08. The maximum Gasteiger partial charge on any atom is 0.241 e. The van der Waals surface area contributed by atoms with Crippen molar-refractivity contribution in [1.29, 1.82) is 0 Å². The quantitative estimate of drug-likeness (QED) is 0.318. The summed E-state index contributed by atoms with van der Waals surface area (Å²) in [7, 11) is 0. The van der Waals surface area contributed by atoms with Crippen LogP contribution in [-0.2, 0) is 0 Å². The van der Waals surface area contributed by atoms with E-state index >= 15 is 0 Å². The molecule has 0 aliphatic carbocycles. The predicted molar refractivity (Wildman–Crippen MR) is 139 cm³/mol. The van der Waals surface area contributed by atoms with Crippen molar-refractivity contribution in [3.63, 3.8) is 0 Å². The molecule has 0 spiro atoms. The standard InChI is InChI=1S/C29H20N6/c1-19-15-17-21(18-16-19)27-31-26(20-9-3-2-4-10-20)32-28(33-27)35-25-14-8-7-13-24(25)34-23-12-6-5-11-22(23)30-29(34)35/h2-18H,1H3. The van der Waals surface area contributed by atoms with Gasteiger partial charge in [-0.25, -0.2) is 14.5 Å². The molecule has 7 aromatic rings. The third kappa shape index (κ3) is 3.11. The Kier molecular flexibility index (Phi) is 4.26. The first-order valence-corrected chi connectivity index (χ1v) is 11.5. The van der Waals surface area contributed by atoms with Gasteiger partial charge in [0, 0.05) is 11.1 Å². The Morgan fingerprint density at radius 3 is 1.86 bits per heavy atom. The summed E-state index contributed by atoms with van der Waals surface area (Å²) >= 11 is 0. The van der Waals surface area contributed by atoms with Crippen LogP contribution in [0.25, 0.3) is 56.6 Å². The summed E-state index contributed by atoms with van der Waals surface area (Å²) in [5, 5.41) is 0. The van der Waals surface area contributed by atoms with Gasteiger partial charge in [0.25, 0.3) is 0 Å². The number of fused-ring (bicyclic) bond motifs is 5. The Balaban J connectivity index is 1.58. The van der Waals surface area contributed by atoms with Crippen LogP contribution in [0.3, 0.4) is 0 Å². The molecule has 4 aromatic carbocycles. The van der Waals surface area contributed by atoms with Crippen molar-refractivity contribution in [3.8, 4) is 28.7 Å².